The fourth-order valence-corrected chi connectivity index (χ4v) is 27.7. The summed E-state index contributed by atoms with van der Waals surface area (Å²) in [6, 6.07) is 0.705. The summed E-state index contributed by atoms with van der Waals surface area (Å²) in [6.07, 6.45) is 30.9. The van der Waals surface area contributed by atoms with Gasteiger partial charge in [0, 0.05) is 158 Å². The Kier molecular flexibility index (Phi) is 97.9. The molecular weight excluding hydrogens is 1790 g/mol. The molecule has 0 spiro atoms. The Balaban J connectivity index is -0.000000681. The molecule has 0 aromatic rings. The number of carbonyl (C=O) groups is 9. The van der Waals surface area contributed by atoms with Crippen molar-refractivity contribution in [1.82, 2.24) is 5.32 Å². The topological polar surface area (TPSA) is 400 Å². The number of carbonyl (C=O) groups excluding carboxylic acids is 9. The Morgan fingerprint density at radius 1 is 0.279 bits per heavy atom. The first-order valence-corrected chi connectivity index (χ1v) is 64.4. The van der Waals surface area contributed by atoms with Crippen LogP contribution in [0.4, 0.5) is 0 Å². The maximum Gasteiger partial charge on any atom is 0.500 e. The Bertz CT molecular complexity index is 2630. The lowest BCUT2D eigenvalue weighted by atomic mass is 10.1. The highest BCUT2D eigenvalue weighted by Crippen LogP contribution is 2.25. The number of esters is 8. The van der Waals surface area contributed by atoms with Crippen molar-refractivity contribution in [2.45, 2.75) is 397 Å². The third-order valence-electron chi connectivity index (χ3n) is 18.1. The molecular formula is C89H185NO32Si7. The molecule has 0 radical (unpaired) electrons. The highest BCUT2D eigenvalue weighted by Gasteiger charge is 2.53. The minimum Gasteiger partial charge on any atom is -0.466 e. The number of unbranched alkanes of at least 4 members (excludes halogenated alkanes) is 18. The second-order valence-electron chi connectivity index (χ2n) is 32.0. The third kappa shape index (κ3) is 99.9. The molecule has 0 bridgehead atoms. The van der Waals surface area contributed by atoms with E-state index < -0.39 is 62.3 Å². The highest BCUT2D eigenvalue weighted by molar-refractivity contribution is 6.81. The zero-order valence-corrected chi connectivity index (χ0v) is 91.5. The van der Waals surface area contributed by atoms with Gasteiger partial charge in [-0.1, -0.05) is 88.0 Å². The van der Waals surface area contributed by atoms with Gasteiger partial charge in [0.15, 0.2) is 0 Å². The van der Waals surface area contributed by atoms with E-state index in [4.69, 9.17) is 99.3 Å². The summed E-state index contributed by atoms with van der Waals surface area (Å²) < 4.78 is 115. The Labute approximate surface area is 788 Å². The van der Waals surface area contributed by atoms with Gasteiger partial charge in [-0.25, -0.2) is 0 Å². The maximum atomic E-state index is 12.0. The van der Waals surface area contributed by atoms with Crippen LogP contribution >= 0.6 is 0 Å². The average Bonchev–Trinajstić information content (AvgIpc) is 0.810. The standard InChI is InChI=1S/C53H92O16.C16H42O8Si4.C8H19NO4Si.C7H18O2Si.C5H14O2Si/c1-3-5-7-15-30-47(55)63-39-24-9-17-32-49(57)65-41-26-11-19-34-51(59)67-43-28-13-21-36-53(61)69-45-29-14-22-37-52(60)68-44-27-12-20-35-50(58)66-42-25-10-18-33-48(56)64-40-23-8-16-31-46(54)62-38-6-4-2;1-9-13-18-25(5)22-27(7,20-15-11-3)24-28(8,21-16-12-4)23-26(6,17)19-14-10-2;1-8(10)9-6-5-7-14(11-2,12-3)13-4;1-4-6-8-10(3)9-7-5-2;1-4-5-7-8(2,3)6/h3-45H2,1-2H3;17,25H,9-16H2,1-8H3;5-7H2,1-4H3,(H,9,10);10H,4-7H2,1-3H3;6H,4-5H2,1-3H3. The van der Waals surface area contributed by atoms with E-state index in [1.54, 1.807) is 47.5 Å². The smallest absolute Gasteiger partial charge is 0.466 e. The van der Waals surface area contributed by atoms with Gasteiger partial charge >= 0.3 is 110 Å². The number of rotatable bonds is 84. The molecule has 0 rings (SSSR count). The van der Waals surface area contributed by atoms with Crippen LogP contribution in [0.1, 0.15) is 345 Å². The minimum absolute atomic E-state index is 0.0236. The number of ether oxygens (including phenoxy) is 8. The largest absolute Gasteiger partial charge is 0.500 e. The monoisotopic (exact) mass is 1980 g/mol. The number of hydrogen-bond donors (Lipinski definition) is 3. The summed E-state index contributed by atoms with van der Waals surface area (Å²) in [5, 5.41) is 2.71. The summed E-state index contributed by atoms with van der Waals surface area (Å²) in [7, 11) is -12.8. The number of hydrogen-bond acceptors (Lipinski definition) is 32. The maximum absolute atomic E-state index is 12.0. The Hall–Kier alpha value is -3.85. The second kappa shape index (κ2) is 94.5. The van der Waals surface area contributed by atoms with Crippen molar-refractivity contribution in [1.29, 1.82) is 0 Å². The first kappa shape index (κ1) is 134. The zero-order valence-electron chi connectivity index (χ0n) is 84.2. The second-order valence-corrected chi connectivity index (χ2v) is 50.2. The predicted octanol–water partition coefficient (Wildman–Crippen LogP) is 17.5. The quantitative estimate of drug-likeness (QED) is 0.0220. The van der Waals surface area contributed by atoms with E-state index in [0.717, 1.165) is 167 Å². The van der Waals surface area contributed by atoms with Crippen molar-refractivity contribution < 1.29 is 147 Å². The van der Waals surface area contributed by atoms with Gasteiger partial charge in [-0.3, -0.25) is 43.2 Å². The lowest BCUT2D eigenvalue weighted by molar-refractivity contribution is -0.146. The normalized spacial score (nSPS) is 12.9. The first-order valence-electron chi connectivity index (χ1n) is 48.7. The molecule has 0 fully saturated rings. The van der Waals surface area contributed by atoms with E-state index in [1.165, 1.54) is 6.92 Å². The number of nitrogens with one attached hydrogen (secondary N) is 1. The van der Waals surface area contributed by atoms with Crippen LogP contribution < -0.4 is 5.32 Å². The third-order valence-corrected chi connectivity index (χ3v) is 35.2. The minimum atomic E-state index is -3.40. The lowest BCUT2D eigenvalue weighted by Gasteiger charge is -2.38. The summed E-state index contributed by atoms with van der Waals surface area (Å²) in [5.74, 6) is -1.85. The summed E-state index contributed by atoms with van der Waals surface area (Å²) in [6.45, 7) is 40.6. The van der Waals surface area contributed by atoms with Gasteiger partial charge in [0.05, 0.1) is 52.9 Å². The molecule has 0 aromatic heterocycles. The Morgan fingerprint density at radius 3 is 0.791 bits per heavy atom. The van der Waals surface area contributed by atoms with Gasteiger partial charge < -0.3 is 109 Å². The molecule has 4 atom stereocenters. The molecule has 1 amide bonds. The zero-order chi connectivity index (χ0) is 97.8. The van der Waals surface area contributed by atoms with Crippen molar-refractivity contribution in [3.8, 4) is 0 Å². The molecule has 0 saturated heterocycles. The first-order chi connectivity index (χ1) is 61.6. The number of amides is 1. The molecule has 40 heteroatoms. The van der Waals surface area contributed by atoms with Crippen LogP contribution in [0.2, 0.25) is 51.9 Å². The van der Waals surface area contributed by atoms with Gasteiger partial charge in [0.2, 0.25) is 5.91 Å². The lowest BCUT2D eigenvalue weighted by Crippen LogP contribution is -2.61. The van der Waals surface area contributed by atoms with Crippen molar-refractivity contribution >= 4 is 116 Å². The van der Waals surface area contributed by atoms with Crippen molar-refractivity contribution in [3.05, 3.63) is 0 Å². The molecule has 33 nitrogen and oxygen atoms in total. The van der Waals surface area contributed by atoms with Crippen molar-refractivity contribution in [2.75, 3.05) is 127 Å². The van der Waals surface area contributed by atoms with Crippen LogP contribution in [-0.4, -0.2) is 253 Å². The van der Waals surface area contributed by atoms with E-state index >= 15 is 0 Å². The van der Waals surface area contributed by atoms with E-state index in [9.17, 15) is 47.9 Å². The summed E-state index contributed by atoms with van der Waals surface area (Å²) in [4.78, 5) is 125. The van der Waals surface area contributed by atoms with Crippen LogP contribution in [0.3, 0.4) is 0 Å². The van der Waals surface area contributed by atoms with Gasteiger partial charge in [0.1, 0.15) is 0 Å². The van der Waals surface area contributed by atoms with Crippen molar-refractivity contribution in [3.63, 3.8) is 0 Å². The fraction of sp³-hybridized carbons (Fsp3) is 0.899. The molecule has 0 aliphatic carbocycles. The van der Waals surface area contributed by atoms with Gasteiger partial charge in [0.25, 0.3) is 0 Å². The molecule has 0 saturated carbocycles. The van der Waals surface area contributed by atoms with E-state index in [0.29, 0.717) is 220 Å². The van der Waals surface area contributed by atoms with E-state index in [2.05, 4.69) is 39.6 Å². The molecule has 766 valence electrons. The van der Waals surface area contributed by atoms with Crippen LogP contribution in [0.5, 0.6) is 0 Å². The molecule has 0 aliphatic heterocycles. The van der Waals surface area contributed by atoms with Crippen LogP contribution in [0.15, 0.2) is 0 Å². The SMILES string of the molecule is CCCCCCC(=O)OCCCCCC(=O)OCCCCCC(=O)OCCCCCC(=O)OCCCCCC(=O)OCCCCCC(=O)OCCCCCC(=O)OCCCCCC(=O)OCCCC.CCCO[SiH](C)OCCC.CCCO[SiH](C)O[Si](C)(OCCC)O[Si](C)(OCCC)O[Si](C)(O)OCCC.CCCO[Si](C)(C)O.CO[Si](CCCNC(C)=O)(OC)OC. The molecule has 3 N–H and O–H groups in total. The Morgan fingerprint density at radius 2 is 0.535 bits per heavy atom. The highest BCUT2D eigenvalue weighted by atomic mass is 28.5. The molecule has 0 aliphatic rings. The van der Waals surface area contributed by atoms with Crippen LogP contribution in [-0.2, 0) is 138 Å². The summed E-state index contributed by atoms with van der Waals surface area (Å²) >= 11 is 0. The van der Waals surface area contributed by atoms with Gasteiger partial charge in [-0.15, -0.1) is 0 Å². The summed E-state index contributed by atoms with van der Waals surface area (Å²) in [5.41, 5.74) is 0. The molecule has 129 heavy (non-hydrogen) atoms. The van der Waals surface area contributed by atoms with E-state index in [-0.39, 0.29) is 53.7 Å². The molecule has 0 aromatic carbocycles. The van der Waals surface area contributed by atoms with Crippen LogP contribution in [0, 0.1) is 0 Å². The molecule has 0 heterocycles. The predicted molar refractivity (Wildman–Crippen MR) is 515 cm³/mol. The molecule has 4 unspecified atom stereocenters. The average molecular weight is 1980 g/mol. The van der Waals surface area contributed by atoms with Gasteiger partial charge in [-0.05, 0) is 225 Å². The van der Waals surface area contributed by atoms with Crippen LogP contribution in [0.25, 0.3) is 0 Å². The fourth-order valence-electron chi connectivity index (χ4n) is 11.2. The van der Waals surface area contributed by atoms with E-state index in [1.807, 2.05) is 47.7 Å². The van der Waals surface area contributed by atoms with Crippen molar-refractivity contribution in [2.24, 2.45) is 0 Å². The van der Waals surface area contributed by atoms with Gasteiger partial charge in [-0.2, -0.15) is 0 Å².